The van der Waals surface area contributed by atoms with Gasteiger partial charge < -0.3 is 15.0 Å². The highest BCUT2D eigenvalue weighted by Gasteiger charge is 2.30. The maximum Gasteiger partial charge on any atom is 0.227 e. The first-order chi connectivity index (χ1) is 14.5. The van der Waals surface area contributed by atoms with Crippen molar-refractivity contribution < 1.29 is 17.9 Å². The minimum Gasteiger partial charge on any atom is -0.372 e. The third-order valence-corrected chi connectivity index (χ3v) is 8.21. The summed E-state index contributed by atoms with van der Waals surface area (Å²) in [6.07, 6.45) is 3.16. The van der Waals surface area contributed by atoms with Crippen LogP contribution in [-0.4, -0.2) is 50.9 Å². The summed E-state index contributed by atoms with van der Waals surface area (Å²) in [7, 11) is -3.27. The van der Waals surface area contributed by atoms with Gasteiger partial charge in [0.25, 0.3) is 0 Å². The molecule has 174 valence electrons. The van der Waals surface area contributed by atoms with Gasteiger partial charge in [-0.2, -0.15) is 0 Å². The van der Waals surface area contributed by atoms with Gasteiger partial charge in [-0.3, -0.25) is 4.79 Å². The number of rotatable bonds is 6. The van der Waals surface area contributed by atoms with Gasteiger partial charge in [0.2, 0.25) is 15.9 Å². The molecule has 1 aliphatic heterocycles. The number of sulfonamides is 1. The van der Waals surface area contributed by atoms with Crippen molar-refractivity contribution in [2.24, 2.45) is 5.92 Å². The van der Waals surface area contributed by atoms with Gasteiger partial charge in [0.1, 0.15) is 0 Å². The molecule has 1 heterocycles. The Kier molecular flexibility index (Phi) is 7.65. The summed E-state index contributed by atoms with van der Waals surface area (Å²) in [6.45, 7) is 11.3. The van der Waals surface area contributed by atoms with Crippen molar-refractivity contribution >= 4 is 27.3 Å². The van der Waals surface area contributed by atoms with Crippen molar-refractivity contribution in [3.63, 3.8) is 0 Å². The van der Waals surface area contributed by atoms with Gasteiger partial charge in [-0.05, 0) is 84.1 Å². The average Bonchev–Trinajstić information content (AvgIpc) is 2.69. The number of amides is 1. The standard InChI is InChI=1S/C23H37N3O4S/c1-15(2)31(28,29)25-20-8-6-19(7-9-20)23(27)24-22-11-10-21(12-16(22)3)26-13-17(4)30-18(5)14-26/h10-12,15,17-20,25H,6-9,13-14H2,1-5H3,(H,24,27)/t17-,18+,19?,20?. The SMILES string of the molecule is Cc1cc(N2C[C@@H](C)O[C@@H](C)C2)ccc1NC(=O)C1CCC(NS(=O)(=O)C(C)C)CC1. The molecule has 0 radical (unpaired) electrons. The fraction of sp³-hybridized carbons (Fsp3) is 0.696. The number of benzene rings is 1. The van der Waals surface area contributed by atoms with E-state index in [1.54, 1.807) is 13.8 Å². The molecule has 0 aromatic heterocycles. The molecule has 8 heteroatoms. The van der Waals surface area contributed by atoms with Gasteiger partial charge in [0.15, 0.2) is 0 Å². The number of anilines is 2. The number of carbonyl (C=O) groups excluding carboxylic acids is 1. The summed E-state index contributed by atoms with van der Waals surface area (Å²) in [5, 5.41) is 2.65. The third kappa shape index (κ3) is 6.20. The number of hydrogen-bond acceptors (Lipinski definition) is 5. The maximum atomic E-state index is 12.8. The summed E-state index contributed by atoms with van der Waals surface area (Å²) in [5.41, 5.74) is 3.03. The van der Waals surface area contributed by atoms with Crippen LogP contribution in [0.2, 0.25) is 0 Å². The summed E-state index contributed by atoms with van der Waals surface area (Å²) in [5.74, 6) is -0.0607. The number of aryl methyl sites for hydroxylation is 1. The van der Waals surface area contributed by atoms with E-state index in [9.17, 15) is 13.2 Å². The summed E-state index contributed by atoms with van der Waals surface area (Å²) < 4.78 is 32.7. The molecule has 31 heavy (non-hydrogen) atoms. The second-order valence-electron chi connectivity index (χ2n) is 9.41. The molecule has 1 saturated carbocycles. The first-order valence-corrected chi connectivity index (χ1v) is 12.9. The van der Waals surface area contributed by atoms with E-state index in [2.05, 4.69) is 40.9 Å². The van der Waals surface area contributed by atoms with Gasteiger partial charge in [0, 0.05) is 36.4 Å². The molecular formula is C23H37N3O4S. The normalized spacial score (nSPS) is 27.4. The first-order valence-electron chi connectivity index (χ1n) is 11.4. The number of morpholine rings is 1. The van der Waals surface area contributed by atoms with E-state index in [1.807, 2.05) is 13.0 Å². The van der Waals surface area contributed by atoms with Crippen molar-refractivity contribution in [3.05, 3.63) is 23.8 Å². The quantitative estimate of drug-likeness (QED) is 0.692. The van der Waals surface area contributed by atoms with Crippen LogP contribution in [0.5, 0.6) is 0 Å². The van der Waals surface area contributed by atoms with E-state index in [-0.39, 0.29) is 30.1 Å². The molecule has 2 atom stereocenters. The maximum absolute atomic E-state index is 12.8. The smallest absolute Gasteiger partial charge is 0.227 e. The molecule has 2 fully saturated rings. The summed E-state index contributed by atoms with van der Waals surface area (Å²) in [4.78, 5) is 15.1. The van der Waals surface area contributed by atoms with Crippen molar-refractivity contribution in [1.29, 1.82) is 0 Å². The highest BCUT2D eigenvalue weighted by atomic mass is 32.2. The minimum absolute atomic E-state index is 0.0228. The predicted molar refractivity (Wildman–Crippen MR) is 125 cm³/mol. The Hall–Kier alpha value is -1.64. The van der Waals surface area contributed by atoms with Crippen molar-refractivity contribution in [3.8, 4) is 0 Å². The number of nitrogens with one attached hydrogen (secondary N) is 2. The lowest BCUT2D eigenvalue weighted by Crippen LogP contribution is -2.45. The zero-order valence-electron chi connectivity index (χ0n) is 19.3. The highest BCUT2D eigenvalue weighted by molar-refractivity contribution is 7.90. The monoisotopic (exact) mass is 451 g/mol. The number of carbonyl (C=O) groups is 1. The van der Waals surface area contributed by atoms with Crippen LogP contribution >= 0.6 is 0 Å². The number of nitrogens with zero attached hydrogens (tertiary/aromatic N) is 1. The van der Waals surface area contributed by atoms with Gasteiger partial charge in [-0.1, -0.05) is 0 Å². The zero-order valence-corrected chi connectivity index (χ0v) is 20.2. The van der Waals surface area contributed by atoms with Crippen LogP contribution in [0.15, 0.2) is 18.2 Å². The fourth-order valence-corrected chi connectivity index (χ4v) is 5.42. The Balaban J connectivity index is 1.55. The fourth-order valence-electron chi connectivity index (χ4n) is 4.45. The Bertz CT molecular complexity index is 869. The molecule has 1 aromatic rings. The Morgan fingerprint density at radius 1 is 1.10 bits per heavy atom. The van der Waals surface area contributed by atoms with Crippen LogP contribution in [0.25, 0.3) is 0 Å². The van der Waals surface area contributed by atoms with E-state index >= 15 is 0 Å². The van der Waals surface area contributed by atoms with E-state index in [0.717, 1.165) is 30.0 Å². The van der Waals surface area contributed by atoms with Gasteiger partial charge in [-0.15, -0.1) is 0 Å². The molecule has 3 rings (SSSR count). The van der Waals surface area contributed by atoms with Crippen LogP contribution in [0.1, 0.15) is 58.9 Å². The number of ether oxygens (including phenoxy) is 1. The molecule has 0 unspecified atom stereocenters. The first kappa shape index (κ1) is 24.0. The molecule has 1 aliphatic carbocycles. The summed E-state index contributed by atoms with van der Waals surface area (Å²) in [6, 6.07) is 6.09. The molecule has 1 amide bonds. The van der Waals surface area contributed by atoms with Crippen molar-refractivity contribution in [1.82, 2.24) is 4.72 Å². The van der Waals surface area contributed by atoms with E-state index in [4.69, 9.17) is 4.74 Å². The molecule has 7 nitrogen and oxygen atoms in total. The average molecular weight is 452 g/mol. The van der Waals surface area contributed by atoms with Gasteiger partial charge >= 0.3 is 0 Å². The molecule has 2 N–H and O–H groups in total. The van der Waals surface area contributed by atoms with Gasteiger partial charge in [-0.25, -0.2) is 13.1 Å². The molecule has 0 spiro atoms. The van der Waals surface area contributed by atoms with Gasteiger partial charge in [0.05, 0.1) is 17.5 Å². The third-order valence-electron chi connectivity index (χ3n) is 6.30. The summed E-state index contributed by atoms with van der Waals surface area (Å²) >= 11 is 0. The van der Waals surface area contributed by atoms with Crippen LogP contribution in [-0.2, 0) is 19.6 Å². The lowest BCUT2D eigenvalue weighted by atomic mass is 9.86. The van der Waals surface area contributed by atoms with E-state index in [0.29, 0.717) is 25.7 Å². The Morgan fingerprint density at radius 2 is 1.71 bits per heavy atom. The largest absolute Gasteiger partial charge is 0.372 e. The van der Waals surface area contributed by atoms with Crippen LogP contribution in [0, 0.1) is 12.8 Å². The molecular weight excluding hydrogens is 414 g/mol. The lowest BCUT2D eigenvalue weighted by Gasteiger charge is -2.37. The second kappa shape index (κ2) is 9.88. The van der Waals surface area contributed by atoms with E-state index < -0.39 is 15.3 Å². The van der Waals surface area contributed by atoms with Crippen LogP contribution < -0.4 is 14.9 Å². The van der Waals surface area contributed by atoms with Crippen molar-refractivity contribution in [2.75, 3.05) is 23.3 Å². The number of hydrogen-bond donors (Lipinski definition) is 2. The zero-order chi connectivity index (χ0) is 22.8. The lowest BCUT2D eigenvalue weighted by molar-refractivity contribution is -0.120. The molecule has 0 bridgehead atoms. The predicted octanol–water partition coefficient (Wildman–Crippen LogP) is 3.43. The topological polar surface area (TPSA) is 87.7 Å². The Morgan fingerprint density at radius 3 is 2.26 bits per heavy atom. The van der Waals surface area contributed by atoms with Crippen LogP contribution in [0.3, 0.4) is 0 Å². The van der Waals surface area contributed by atoms with E-state index in [1.165, 1.54) is 0 Å². The van der Waals surface area contributed by atoms with Crippen molar-refractivity contribution in [2.45, 2.75) is 83.8 Å². The molecule has 1 aromatic carbocycles. The Labute approximate surface area is 187 Å². The second-order valence-corrected chi connectivity index (χ2v) is 11.7. The molecule has 2 aliphatic rings. The highest BCUT2D eigenvalue weighted by Crippen LogP contribution is 2.29. The van der Waals surface area contributed by atoms with Crippen LogP contribution in [0.4, 0.5) is 11.4 Å². The molecule has 1 saturated heterocycles. The minimum atomic E-state index is -3.27.